The molecule has 1 heterocycles. The predicted octanol–water partition coefficient (Wildman–Crippen LogP) is 2.02. The highest BCUT2D eigenvalue weighted by atomic mass is 127. The molecule has 0 fully saturated rings. The Bertz CT molecular complexity index is 400. The lowest BCUT2D eigenvalue weighted by molar-refractivity contribution is -0.386. The summed E-state index contributed by atoms with van der Waals surface area (Å²) in [6.07, 6.45) is -2.04. The van der Waals surface area contributed by atoms with Gasteiger partial charge in [-0.1, -0.05) is 0 Å². The summed E-state index contributed by atoms with van der Waals surface area (Å²) in [6, 6.07) is 0. The van der Waals surface area contributed by atoms with Gasteiger partial charge in [0.2, 0.25) is 0 Å². The Balaban J connectivity index is 3.47. The highest BCUT2D eigenvalue weighted by Crippen LogP contribution is 2.32. The monoisotopic (exact) mass is 330 g/mol. The summed E-state index contributed by atoms with van der Waals surface area (Å²) in [7, 11) is 0. The van der Waals surface area contributed by atoms with Crippen LogP contribution in [-0.2, 0) is 6.61 Å². The molecule has 82 valence electrons. The van der Waals surface area contributed by atoms with Crippen molar-refractivity contribution < 1.29 is 18.8 Å². The van der Waals surface area contributed by atoms with Crippen molar-refractivity contribution in [3.8, 4) is 0 Å². The predicted molar refractivity (Wildman–Crippen MR) is 54.5 cm³/mol. The van der Waals surface area contributed by atoms with E-state index >= 15 is 0 Å². The Labute approximate surface area is 96.4 Å². The van der Waals surface area contributed by atoms with Gasteiger partial charge in [0, 0.05) is 0 Å². The fourth-order valence-corrected chi connectivity index (χ4v) is 1.77. The van der Waals surface area contributed by atoms with Crippen LogP contribution in [-0.4, -0.2) is 15.0 Å². The molecule has 0 bridgehead atoms. The molecule has 0 saturated carbocycles. The minimum Gasteiger partial charge on any atom is -0.391 e. The molecule has 0 aliphatic carbocycles. The molecule has 0 amide bonds. The number of aromatic nitrogens is 1. The second-order valence-electron chi connectivity index (χ2n) is 2.54. The Morgan fingerprint density at radius 1 is 1.67 bits per heavy atom. The van der Waals surface area contributed by atoms with Gasteiger partial charge in [0.1, 0.15) is 9.90 Å². The molecule has 8 heteroatoms. The first-order valence-corrected chi connectivity index (χ1v) is 4.77. The van der Waals surface area contributed by atoms with Gasteiger partial charge in [-0.25, -0.2) is 13.8 Å². The van der Waals surface area contributed by atoms with Crippen molar-refractivity contribution in [2.24, 2.45) is 0 Å². The lowest BCUT2D eigenvalue weighted by Crippen LogP contribution is -2.05. The number of alkyl halides is 2. The first-order chi connectivity index (χ1) is 6.99. The number of aliphatic hydroxyl groups is 1. The van der Waals surface area contributed by atoms with Crippen molar-refractivity contribution in [2.45, 2.75) is 13.0 Å². The molecule has 1 aromatic heterocycles. The van der Waals surface area contributed by atoms with Gasteiger partial charge in [-0.15, -0.1) is 0 Å². The van der Waals surface area contributed by atoms with Gasteiger partial charge in [0.25, 0.3) is 12.1 Å². The van der Waals surface area contributed by atoms with Crippen LogP contribution in [0, 0.1) is 13.8 Å². The second-order valence-corrected chi connectivity index (χ2v) is 3.56. The molecule has 0 atom stereocenters. The summed E-state index contributed by atoms with van der Waals surface area (Å²) in [5.74, 6) is 0. The number of nitro groups is 1. The smallest absolute Gasteiger partial charge is 0.293 e. The van der Waals surface area contributed by atoms with Crippen molar-refractivity contribution >= 4 is 28.3 Å². The van der Waals surface area contributed by atoms with Crippen LogP contribution in [0.1, 0.15) is 17.6 Å². The molecule has 0 aliphatic rings. The molecule has 1 aromatic rings. The van der Waals surface area contributed by atoms with Crippen LogP contribution in [0.15, 0.2) is 6.20 Å². The van der Waals surface area contributed by atoms with Crippen molar-refractivity contribution in [1.29, 1.82) is 0 Å². The van der Waals surface area contributed by atoms with E-state index in [4.69, 9.17) is 5.11 Å². The zero-order valence-corrected chi connectivity index (χ0v) is 9.31. The Morgan fingerprint density at radius 3 is 2.67 bits per heavy atom. The third-order valence-corrected chi connectivity index (χ3v) is 2.59. The minimum absolute atomic E-state index is 0.0442. The second kappa shape index (κ2) is 4.75. The molecule has 0 saturated heterocycles. The zero-order chi connectivity index (χ0) is 11.6. The normalized spacial score (nSPS) is 10.7. The average Bonchev–Trinajstić information content (AvgIpc) is 2.15. The number of hydrogen-bond acceptors (Lipinski definition) is 4. The Hall–Kier alpha value is -0.900. The van der Waals surface area contributed by atoms with Crippen molar-refractivity contribution in [3.05, 3.63) is 31.1 Å². The standard InChI is InChI=1S/C7H5F2IN2O3/c8-6(9)5-3(2-13)4(12(14)15)1-11-7(5)10/h1,6,13H,2H2. The van der Waals surface area contributed by atoms with Crippen LogP contribution in [0.5, 0.6) is 0 Å². The summed E-state index contributed by atoms with van der Waals surface area (Å²) in [5, 5.41) is 19.3. The van der Waals surface area contributed by atoms with E-state index < -0.39 is 29.2 Å². The molecular formula is C7H5F2IN2O3. The van der Waals surface area contributed by atoms with Gasteiger partial charge in [-0.3, -0.25) is 10.1 Å². The maximum Gasteiger partial charge on any atom is 0.293 e. The van der Waals surface area contributed by atoms with Crippen molar-refractivity contribution in [1.82, 2.24) is 4.98 Å². The Kier molecular flexibility index (Phi) is 3.85. The van der Waals surface area contributed by atoms with Crippen LogP contribution in [0.2, 0.25) is 0 Å². The maximum atomic E-state index is 12.5. The van der Waals surface area contributed by atoms with E-state index in [-0.39, 0.29) is 9.26 Å². The molecule has 1 N–H and O–H groups in total. The minimum atomic E-state index is -2.90. The molecule has 15 heavy (non-hydrogen) atoms. The van der Waals surface area contributed by atoms with Crippen LogP contribution >= 0.6 is 22.6 Å². The van der Waals surface area contributed by atoms with Gasteiger partial charge in [0.15, 0.2) is 0 Å². The van der Waals surface area contributed by atoms with E-state index in [1.54, 1.807) is 0 Å². The molecule has 0 aromatic carbocycles. The summed E-state index contributed by atoms with van der Waals surface area (Å²) in [4.78, 5) is 13.1. The van der Waals surface area contributed by atoms with E-state index in [2.05, 4.69) is 4.98 Å². The van der Waals surface area contributed by atoms with Crippen molar-refractivity contribution in [3.63, 3.8) is 0 Å². The third kappa shape index (κ3) is 2.37. The fourth-order valence-electron chi connectivity index (χ4n) is 1.07. The van der Waals surface area contributed by atoms with Crippen LogP contribution in [0.3, 0.4) is 0 Å². The van der Waals surface area contributed by atoms with Gasteiger partial charge in [0.05, 0.1) is 22.7 Å². The topological polar surface area (TPSA) is 76.3 Å². The quantitative estimate of drug-likeness (QED) is 0.398. The first kappa shape index (κ1) is 12.2. The summed E-state index contributed by atoms with van der Waals surface area (Å²) in [5.41, 5.74) is -1.55. The van der Waals surface area contributed by atoms with E-state index in [1.807, 2.05) is 0 Å². The average molecular weight is 330 g/mol. The van der Waals surface area contributed by atoms with E-state index in [0.717, 1.165) is 6.20 Å². The number of nitrogens with zero attached hydrogens (tertiary/aromatic N) is 2. The van der Waals surface area contributed by atoms with Crippen molar-refractivity contribution in [2.75, 3.05) is 0 Å². The third-order valence-electron chi connectivity index (χ3n) is 1.73. The lowest BCUT2D eigenvalue weighted by atomic mass is 10.1. The van der Waals surface area contributed by atoms with Gasteiger partial charge < -0.3 is 5.11 Å². The number of pyridine rings is 1. The first-order valence-electron chi connectivity index (χ1n) is 3.69. The SMILES string of the molecule is O=[N+]([O-])c1cnc(I)c(C(F)F)c1CO. The summed E-state index contributed by atoms with van der Waals surface area (Å²) >= 11 is 1.54. The Morgan fingerprint density at radius 2 is 2.27 bits per heavy atom. The van der Waals surface area contributed by atoms with E-state index in [9.17, 15) is 18.9 Å². The van der Waals surface area contributed by atoms with E-state index in [1.165, 1.54) is 22.6 Å². The molecule has 5 nitrogen and oxygen atoms in total. The molecule has 0 unspecified atom stereocenters. The number of aliphatic hydroxyl groups excluding tert-OH is 1. The largest absolute Gasteiger partial charge is 0.391 e. The zero-order valence-electron chi connectivity index (χ0n) is 7.15. The molecule has 0 radical (unpaired) electrons. The van der Waals surface area contributed by atoms with Crippen LogP contribution in [0.25, 0.3) is 0 Å². The summed E-state index contributed by atoms with van der Waals surface area (Å²) < 4.78 is 25.0. The molecular weight excluding hydrogens is 325 g/mol. The highest BCUT2D eigenvalue weighted by Gasteiger charge is 2.25. The number of halogens is 3. The summed E-state index contributed by atoms with van der Waals surface area (Å²) in [6.45, 7) is -0.811. The van der Waals surface area contributed by atoms with Gasteiger partial charge in [-0.05, 0) is 22.6 Å². The van der Waals surface area contributed by atoms with E-state index in [0.29, 0.717) is 0 Å². The molecule has 0 spiro atoms. The van der Waals surface area contributed by atoms with Crippen LogP contribution in [0.4, 0.5) is 14.5 Å². The molecule has 0 aliphatic heterocycles. The fraction of sp³-hybridized carbons (Fsp3) is 0.286. The van der Waals surface area contributed by atoms with Gasteiger partial charge >= 0.3 is 0 Å². The lowest BCUT2D eigenvalue weighted by Gasteiger charge is -2.08. The highest BCUT2D eigenvalue weighted by molar-refractivity contribution is 14.1. The molecule has 1 rings (SSSR count). The maximum absolute atomic E-state index is 12.5. The van der Waals surface area contributed by atoms with Gasteiger partial charge in [-0.2, -0.15) is 0 Å². The number of hydrogen-bond donors (Lipinski definition) is 1. The number of rotatable bonds is 3. The van der Waals surface area contributed by atoms with Crippen LogP contribution < -0.4 is 0 Å².